The molecule has 2 aromatic rings. The van der Waals surface area contributed by atoms with E-state index in [1.54, 1.807) is 6.33 Å². The summed E-state index contributed by atoms with van der Waals surface area (Å²) in [6, 6.07) is 6.29. The van der Waals surface area contributed by atoms with Gasteiger partial charge in [0, 0.05) is 37.5 Å². The Hall–Kier alpha value is -2.63. The average molecular weight is 367 g/mol. The third kappa shape index (κ3) is 3.89. The van der Waals surface area contributed by atoms with Crippen LogP contribution >= 0.6 is 0 Å². The first-order chi connectivity index (χ1) is 13.1. The second-order valence-corrected chi connectivity index (χ2v) is 7.57. The zero-order valence-corrected chi connectivity index (χ0v) is 15.8. The molecule has 0 bridgehead atoms. The van der Waals surface area contributed by atoms with Crippen molar-refractivity contribution in [1.82, 2.24) is 14.9 Å². The smallest absolute Gasteiger partial charge is 0.410 e. The Labute approximate surface area is 159 Å². The zero-order chi connectivity index (χ0) is 18.8. The number of piperidine rings is 1. The van der Waals surface area contributed by atoms with Gasteiger partial charge in [-0.3, -0.25) is 0 Å². The van der Waals surface area contributed by atoms with Gasteiger partial charge in [-0.25, -0.2) is 14.8 Å². The van der Waals surface area contributed by atoms with Crippen molar-refractivity contribution in [3.63, 3.8) is 0 Å². The summed E-state index contributed by atoms with van der Waals surface area (Å²) < 4.78 is 11.5. The summed E-state index contributed by atoms with van der Waals surface area (Å²) in [6.45, 7) is 5.23. The number of rotatable bonds is 3. The Kier molecular flexibility index (Phi) is 4.97. The van der Waals surface area contributed by atoms with Gasteiger partial charge in [-0.2, -0.15) is 0 Å². The molecule has 1 unspecified atom stereocenters. The molecule has 2 aliphatic heterocycles. The number of hydrogen-bond acceptors (Lipinski definition) is 5. The van der Waals surface area contributed by atoms with Crippen LogP contribution in [0.15, 0.2) is 36.9 Å². The van der Waals surface area contributed by atoms with E-state index in [9.17, 15) is 4.79 Å². The van der Waals surface area contributed by atoms with E-state index in [0.29, 0.717) is 5.92 Å². The zero-order valence-electron chi connectivity index (χ0n) is 15.8. The summed E-state index contributed by atoms with van der Waals surface area (Å²) in [5.74, 6) is 1.44. The second kappa shape index (κ2) is 7.55. The van der Waals surface area contributed by atoms with E-state index in [-0.39, 0.29) is 18.3 Å². The van der Waals surface area contributed by atoms with Crippen LogP contribution in [0.25, 0.3) is 11.1 Å². The van der Waals surface area contributed by atoms with Crippen molar-refractivity contribution in [2.75, 3.05) is 13.1 Å². The lowest BCUT2D eigenvalue weighted by molar-refractivity contribution is 0.0503. The molecular formula is C21H25N3O3. The minimum Gasteiger partial charge on any atom is -0.490 e. The summed E-state index contributed by atoms with van der Waals surface area (Å²) in [5.41, 5.74) is 3.37. The first-order valence-corrected chi connectivity index (χ1v) is 9.60. The highest BCUT2D eigenvalue weighted by molar-refractivity contribution is 5.68. The van der Waals surface area contributed by atoms with E-state index < -0.39 is 0 Å². The molecule has 6 nitrogen and oxygen atoms in total. The van der Waals surface area contributed by atoms with Gasteiger partial charge in [-0.05, 0) is 55.9 Å². The van der Waals surface area contributed by atoms with Crippen molar-refractivity contribution in [2.24, 2.45) is 5.92 Å². The number of nitrogens with zero attached hydrogens (tertiary/aromatic N) is 3. The summed E-state index contributed by atoms with van der Waals surface area (Å²) in [7, 11) is 0. The number of likely N-dealkylation sites (tertiary alicyclic amines) is 1. The Morgan fingerprint density at radius 2 is 1.93 bits per heavy atom. The molecule has 0 aliphatic carbocycles. The number of carbonyl (C=O) groups is 1. The maximum atomic E-state index is 12.0. The molecule has 0 saturated carbocycles. The largest absolute Gasteiger partial charge is 0.490 e. The minimum atomic E-state index is -0.200. The van der Waals surface area contributed by atoms with Gasteiger partial charge in [-0.15, -0.1) is 0 Å². The monoisotopic (exact) mass is 367 g/mol. The lowest BCUT2D eigenvalue weighted by Gasteiger charge is -2.34. The van der Waals surface area contributed by atoms with Crippen molar-refractivity contribution in [2.45, 2.75) is 45.3 Å². The van der Waals surface area contributed by atoms with Crippen LogP contribution < -0.4 is 4.74 Å². The predicted molar refractivity (Wildman–Crippen MR) is 102 cm³/mol. The molecule has 1 fully saturated rings. The lowest BCUT2D eigenvalue weighted by Crippen LogP contribution is -2.43. The van der Waals surface area contributed by atoms with Crippen molar-refractivity contribution < 1.29 is 14.3 Å². The average Bonchev–Trinajstić information content (AvgIpc) is 3.11. The van der Waals surface area contributed by atoms with Gasteiger partial charge in [0.25, 0.3) is 0 Å². The molecule has 27 heavy (non-hydrogen) atoms. The molecule has 3 heterocycles. The number of amides is 1. The predicted octanol–water partition coefficient (Wildman–Crippen LogP) is 3.70. The number of fused-ring (bicyclic) bond motifs is 1. The minimum absolute atomic E-state index is 0.0768. The highest BCUT2D eigenvalue weighted by Crippen LogP contribution is 2.37. The Morgan fingerprint density at radius 3 is 2.63 bits per heavy atom. The van der Waals surface area contributed by atoms with Gasteiger partial charge < -0.3 is 14.4 Å². The van der Waals surface area contributed by atoms with Crippen LogP contribution in [0.3, 0.4) is 0 Å². The molecule has 1 saturated heterocycles. The van der Waals surface area contributed by atoms with Crippen molar-refractivity contribution in [1.29, 1.82) is 0 Å². The van der Waals surface area contributed by atoms with E-state index in [0.717, 1.165) is 49.2 Å². The molecule has 0 N–H and O–H groups in total. The molecule has 4 rings (SSSR count). The first-order valence-electron chi connectivity index (χ1n) is 9.60. The van der Waals surface area contributed by atoms with Crippen LogP contribution in [0, 0.1) is 5.92 Å². The van der Waals surface area contributed by atoms with Crippen LogP contribution in [-0.2, 0) is 11.2 Å². The standard InChI is InChI=1S/C21H25N3O3/c1-14(2)26-21(25)24-7-5-15(6-8-24)20-10-17-9-16(3-4-19(17)27-20)18-11-22-13-23-12-18/h3-4,9,11-15,20H,5-8,10H2,1-2H3. The fraction of sp³-hybridized carbons (Fsp3) is 0.476. The van der Waals surface area contributed by atoms with Gasteiger partial charge in [-0.1, -0.05) is 6.07 Å². The van der Waals surface area contributed by atoms with Crippen molar-refractivity contribution >= 4 is 6.09 Å². The topological polar surface area (TPSA) is 64.5 Å². The maximum Gasteiger partial charge on any atom is 0.410 e. The van der Waals surface area contributed by atoms with Crippen LogP contribution in [-0.4, -0.2) is 46.3 Å². The SMILES string of the molecule is CC(C)OC(=O)N1CCC(C2Cc3cc(-c4cncnc4)ccc3O2)CC1. The molecule has 2 aliphatic rings. The molecule has 1 aromatic heterocycles. The molecule has 6 heteroatoms. The van der Waals surface area contributed by atoms with Gasteiger partial charge in [0.05, 0.1) is 6.10 Å². The Morgan fingerprint density at radius 1 is 1.19 bits per heavy atom. The fourth-order valence-corrected chi connectivity index (χ4v) is 3.90. The number of hydrogen-bond donors (Lipinski definition) is 0. The van der Waals surface area contributed by atoms with E-state index >= 15 is 0 Å². The van der Waals surface area contributed by atoms with E-state index in [1.807, 2.05) is 37.2 Å². The molecule has 1 amide bonds. The van der Waals surface area contributed by atoms with E-state index in [2.05, 4.69) is 22.1 Å². The summed E-state index contributed by atoms with van der Waals surface area (Å²) in [4.78, 5) is 22.1. The number of carbonyl (C=O) groups excluding carboxylic acids is 1. The van der Waals surface area contributed by atoms with Crippen molar-refractivity contribution in [3.05, 3.63) is 42.5 Å². The van der Waals surface area contributed by atoms with E-state index in [1.165, 1.54) is 5.56 Å². The van der Waals surface area contributed by atoms with Gasteiger partial charge in [0.2, 0.25) is 0 Å². The third-order valence-corrected chi connectivity index (χ3v) is 5.31. The third-order valence-electron chi connectivity index (χ3n) is 5.31. The molecule has 142 valence electrons. The summed E-state index contributed by atoms with van der Waals surface area (Å²) in [6.07, 6.45) is 7.92. The van der Waals surface area contributed by atoms with E-state index in [4.69, 9.17) is 9.47 Å². The molecule has 1 atom stereocenters. The summed E-state index contributed by atoms with van der Waals surface area (Å²) in [5, 5.41) is 0. The quantitative estimate of drug-likeness (QED) is 0.827. The number of aromatic nitrogens is 2. The maximum absolute atomic E-state index is 12.0. The van der Waals surface area contributed by atoms with Crippen LogP contribution in [0.2, 0.25) is 0 Å². The molecule has 0 radical (unpaired) electrons. The van der Waals surface area contributed by atoms with Crippen LogP contribution in [0.1, 0.15) is 32.3 Å². The Bertz CT molecular complexity index is 802. The van der Waals surface area contributed by atoms with Gasteiger partial charge in [0.1, 0.15) is 18.2 Å². The number of benzene rings is 1. The van der Waals surface area contributed by atoms with Crippen LogP contribution in [0.4, 0.5) is 4.79 Å². The molecule has 0 spiro atoms. The highest BCUT2D eigenvalue weighted by atomic mass is 16.6. The number of ether oxygens (including phenoxy) is 2. The second-order valence-electron chi connectivity index (χ2n) is 7.57. The summed E-state index contributed by atoms with van der Waals surface area (Å²) >= 11 is 0. The fourth-order valence-electron chi connectivity index (χ4n) is 3.90. The molecule has 1 aromatic carbocycles. The highest BCUT2D eigenvalue weighted by Gasteiger charge is 2.34. The Balaban J connectivity index is 1.37. The lowest BCUT2D eigenvalue weighted by atomic mass is 9.89. The molecular weight excluding hydrogens is 342 g/mol. The normalized spacial score (nSPS) is 19.7. The van der Waals surface area contributed by atoms with Gasteiger partial charge in [0.15, 0.2) is 0 Å². The van der Waals surface area contributed by atoms with Gasteiger partial charge >= 0.3 is 6.09 Å². The first kappa shape index (κ1) is 17.8. The van der Waals surface area contributed by atoms with Crippen molar-refractivity contribution in [3.8, 4) is 16.9 Å². The van der Waals surface area contributed by atoms with Crippen LogP contribution in [0.5, 0.6) is 5.75 Å².